The molecule has 1 saturated heterocycles. The van der Waals surface area contributed by atoms with Crippen LogP contribution >= 0.6 is 0 Å². The number of hydrogen-bond acceptors (Lipinski definition) is 4. The van der Waals surface area contributed by atoms with Crippen molar-refractivity contribution in [1.29, 1.82) is 0 Å². The number of phenols is 1. The molecule has 148 valence electrons. The van der Waals surface area contributed by atoms with E-state index in [1.807, 2.05) is 0 Å². The lowest BCUT2D eigenvalue weighted by Crippen LogP contribution is -2.48. The number of Topliss-reactive ketones (excluding diaryl/α,β-unsaturated/α-hetero) is 1. The van der Waals surface area contributed by atoms with Crippen LogP contribution in [0.25, 0.3) is 0 Å². The Balaban J connectivity index is 1.78. The summed E-state index contributed by atoms with van der Waals surface area (Å²) < 4.78 is 43.7. The maximum Gasteiger partial charge on any atom is 0.393 e. The second-order valence-corrected chi connectivity index (χ2v) is 7.67. The minimum atomic E-state index is -4.41. The molecule has 1 N–H and O–H groups in total. The highest BCUT2D eigenvalue weighted by Crippen LogP contribution is 2.44. The molecule has 7 heteroatoms. The molecule has 0 bridgehead atoms. The smallest absolute Gasteiger partial charge is 0.393 e. The molecule has 0 aromatic heterocycles. The van der Waals surface area contributed by atoms with Crippen molar-refractivity contribution in [1.82, 2.24) is 0 Å². The number of esters is 1. The van der Waals surface area contributed by atoms with Crippen LogP contribution in [0.2, 0.25) is 0 Å². The lowest BCUT2D eigenvalue weighted by atomic mass is 9.76. The number of ether oxygens (including phenoxy) is 1. The Bertz CT molecular complexity index is 704. The van der Waals surface area contributed by atoms with E-state index in [2.05, 4.69) is 0 Å². The molecule has 1 aliphatic heterocycles. The molecule has 2 aliphatic rings. The molecule has 0 spiro atoms. The Kier molecular flexibility index (Phi) is 5.49. The number of alkyl halides is 3. The number of benzene rings is 1. The summed E-state index contributed by atoms with van der Waals surface area (Å²) in [5.74, 6) is -0.929. The van der Waals surface area contributed by atoms with Crippen molar-refractivity contribution < 1.29 is 32.6 Å². The average molecular weight is 384 g/mol. The Morgan fingerprint density at radius 2 is 1.89 bits per heavy atom. The van der Waals surface area contributed by atoms with Gasteiger partial charge in [-0.3, -0.25) is 9.59 Å². The van der Waals surface area contributed by atoms with Crippen LogP contribution in [-0.4, -0.2) is 28.6 Å². The van der Waals surface area contributed by atoms with Gasteiger partial charge in [0.05, 0.1) is 6.42 Å². The Morgan fingerprint density at radius 3 is 2.52 bits per heavy atom. The zero-order valence-electron chi connectivity index (χ0n) is 15.0. The van der Waals surface area contributed by atoms with Gasteiger partial charge in [-0.1, -0.05) is 25.0 Å². The summed E-state index contributed by atoms with van der Waals surface area (Å²) in [5.41, 5.74) is -0.407. The summed E-state index contributed by atoms with van der Waals surface area (Å²) >= 11 is 0. The van der Waals surface area contributed by atoms with Gasteiger partial charge in [0.1, 0.15) is 23.6 Å². The molecule has 1 unspecified atom stereocenters. The van der Waals surface area contributed by atoms with Crippen LogP contribution in [0.3, 0.4) is 0 Å². The fourth-order valence-electron chi connectivity index (χ4n) is 4.39. The van der Waals surface area contributed by atoms with Crippen molar-refractivity contribution in [2.24, 2.45) is 5.92 Å². The van der Waals surface area contributed by atoms with Crippen molar-refractivity contribution in [2.75, 3.05) is 0 Å². The maximum atomic E-state index is 12.7. The van der Waals surface area contributed by atoms with E-state index in [-0.39, 0.29) is 35.9 Å². The van der Waals surface area contributed by atoms with Crippen molar-refractivity contribution in [3.63, 3.8) is 0 Å². The Morgan fingerprint density at radius 1 is 1.19 bits per heavy atom. The van der Waals surface area contributed by atoms with Gasteiger partial charge in [0.2, 0.25) is 0 Å². The number of carbonyl (C=O) groups excluding carboxylic acids is 2. The molecular weight excluding hydrogens is 361 g/mol. The number of aromatic hydroxyl groups is 1. The minimum absolute atomic E-state index is 0.109. The van der Waals surface area contributed by atoms with Gasteiger partial charge >= 0.3 is 12.1 Å². The Labute approximate surface area is 155 Å². The molecule has 1 aromatic carbocycles. The first kappa shape index (κ1) is 19.7. The normalized spacial score (nSPS) is 24.3. The number of phenolic OH excluding ortho intramolecular Hbond substituents is 1. The lowest BCUT2D eigenvalue weighted by Gasteiger charge is -2.41. The van der Waals surface area contributed by atoms with Crippen molar-refractivity contribution in [3.05, 3.63) is 29.3 Å². The van der Waals surface area contributed by atoms with Gasteiger partial charge in [-0.25, -0.2) is 0 Å². The van der Waals surface area contributed by atoms with E-state index in [1.54, 1.807) is 6.07 Å². The first-order valence-corrected chi connectivity index (χ1v) is 9.28. The third kappa shape index (κ3) is 4.82. The quantitative estimate of drug-likeness (QED) is 0.608. The van der Waals surface area contributed by atoms with Gasteiger partial charge in [0.15, 0.2) is 0 Å². The van der Waals surface area contributed by atoms with Crippen LogP contribution in [0.4, 0.5) is 13.2 Å². The van der Waals surface area contributed by atoms with E-state index in [1.165, 1.54) is 12.1 Å². The van der Waals surface area contributed by atoms with Crippen LogP contribution in [0.5, 0.6) is 5.75 Å². The van der Waals surface area contributed by atoms with E-state index in [4.69, 9.17) is 4.74 Å². The SMILES string of the molecule is O=C1CC(=O)OC(CCc2ccc(O)c(CC(F)(F)F)c2)(C2CCCC2)C1. The first-order valence-electron chi connectivity index (χ1n) is 9.28. The summed E-state index contributed by atoms with van der Waals surface area (Å²) in [7, 11) is 0. The molecule has 2 fully saturated rings. The minimum Gasteiger partial charge on any atom is -0.508 e. The topological polar surface area (TPSA) is 63.6 Å². The third-order valence-corrected chi connectivity index (χ3v) is 5.63. The highest BCUT2D eigenvalue weighted by molar-refractivity contribution is 5.98. The fourth-order valence-corrected chi connectivity index (χ4v) is 4.39. The van der Waals surface area contributed by atoms with Gasteiger partial charge in [-0.05, 0) is 43.2 Å². The van der Waals surface area contributed by atoms with Crippen LogP contribution in [-0.2, 0) is 27.2 Å². The van der Waals surface area contributed by atoms with Crippen molar-refractivity contribution in [2.45, 2.75) is 69.6 Å². The molecule has 3 rings (SSSR count). The molecule has 1 saturated carbocycles. The van der Waals surface area contributed by atoms with E-state index in [0.29, 0.717) is 18.4 Å². The molecule has 1 aliphatic carbocycles. The van der Waals surface area contributed by atoms with Gasteiger partial charge in [0, 0.05) is 12.0 Å². The van der Waals surface area contributed by atoms with Gasteiger partial charge in [-0.15, -0.1) is 0 Å². The summed E-state index contributed by atoms with van der Waals surface area (Å²) in [5, 5.41) is 9.69. The number of ketones is 1. The summed E-state index contributed by atoms with van der Waals surface area (Å²) in [6, 6.07) is 4.18. The van der Waals surface area contributed by atoms with Gasteiger partial charge in [-0.2, -0.15) is 13.2 Å². The number of halogens is 3. The van der Waals surface area contributed by atoms with E-state index in [0.717, 1.165) is 25.7 Å². The molecule has 0 radical (unpaired) electrons. The second-order valence-electron chi connectivity index (χ2n) is 7.67. The van der Waals surface area contributed by atoms with Crippen LogP contribution < -0.4 is 0 Å². The highest BCUT2D eigenvalue weighted by Gasteiger charge is 2.47. The number of cyclic esters (lactones) is 1. The van der Waals surface area contributed by atoms with Crippen LogP contribution in [0.15, 0.2) is 18.2 Å². The number of aryl methyl sites for hydroxylation is 1. The summed E-state index contributed by atoms with van der Waals surface area (Å²) in [6.45, 7) is 0. The maximum absolute atomic E-state index is 12.7. The zero-order chi connectivity index (χ0) is 19.7. The van der Waals surface area contributed by atoms with Crippen LogP contribution in [0, 0.1) is 5.92 Å². The van der Waals surface area contributed by atoms with Crippen molar-refractivity contribution in [3.8, 4) is 5.75 Å². The predicted octanol–water partition coefficient (Wildman–Crippen LogP) is 4.26. The van der Waals surface area contributed by atoms with Gasteiger partial charge in [0.25, 0.3) is 0 Å². The standard InChI is InChI=1S/C20H23F3O4/c21-20(22,23)11-14-9-13(5-6-17(14)25)7-8-19(15-3-1-2-4-15)12-16(24)10-18(26)27-19/h5-6,9,15,25H,1-4,7-8,10-12H2. The molecule has 1 atom stereocenters. The van der Waals surface area contributed by atoms with Gasteiger partial charge < -0.3 is 9.84 Å². The van der Waals surface area contributed by atoms with E-state index < -0.39 is 24.2 Å². The zero-order valence-corrected chi connectivity index (χ0v) is 15.0. The Hall–Kier alpha value is -2.05. The third-order valence-electron chi connectivity index (χ3n) is 5.63. The fraction of sp³-hybridized carbons (Fsp3) is 0.600. The monoisotopic (exact) mass is 384 g/mol. The summed E-state index contributed by atoms with van der Waals surface area (Å²) in [6.07, 6.45) is -1.06. The second kappa shape index (κ2) is 7.52. The molecule has 0 amide bonds. The number of rotatable bonds is 5. The summed E-state index contributed by atoms with van der Waals surface area (Å²) in [4.78, 5) is 24.0. The largest absolute Gasteiger partial charge is 0.508 e. The number of hydrogen-bond donors (Lipinski definition) is 1. The average Bonchev–Trinajstić information content (AvgIpc) is 3.08. The molecule has 4 nitrogen and oxygen atoms in total. The molecule has 1 heterocycles. The number of carbonyl (C=O) groups is 2. The lowest BCUT2D eigenvalue weighted by molar-refractivity contribution is -0.178. The van der Waals surface area contributed by atoms with Crippen molar-refractivity contribution >= 4 is 11.8 Å². The molecule has 1 aromatic rings. The predicted molar refractivity (Wildman–Crippen MR) is 91.2 cm³/mol. The first-order chi connectivity index (χ1) is 12.7. The van der Waals surface area contributed by atoms with E-state index in [9.17, 15) is 27.9 Å². The molecular formula is C20H23F3O4. The molecule has 27 heavy (non-hydrogen) atoms. The van der Waals surface area contributed by atoms with E-state index >= 15 is 0 Å². The highest BCUT2D eigenvalue weighted by atomic mass is 19.4. The van der Waals surface area contributed by atoms with Crippen LogP contribution in [0.1, 0.15) is 56.1 Å².